The first-order valence-electron chi connectivity index (χ1n) is 11.7. The van der Waals surface area contributed by atoms with E-state index >= 15 is 0 Å². The van der Waals surface area contributed by atoms with Gasteiger partial charge in [0, 0.05) is 32.7 Å². The molecule has 37 heavy (non-hydrogen) atoms. The molecule has 0 aromatic heterocycles. The lowest BCUT2D eigenvalue weighted by Crippen LogP contribution is -2.49. The zero-order chi connectivity index (χ0) is 24.8. The quantitative estimate of drug-likeness (QED) is 0.413. The second kappa shape index (κ2) is 13.9. The Labute approximate surface area is 231 Å². The highest BCUT2D eigenvalue weighted by molar-refractivity contribution is 7.91. The molecule has 0 spiro atoms. The molecule has 1 unspecified atom stereocenters. The number of halogens is 2. The molecule has 3 aromatic rings. The monoisotopic (exact) mass is 568 g/mol. The minimum atomic E-state index is -3.58. The van der Waals surface area contributed by atoms with Gasteiger partial charge in [-0.05, 0) is 55.5 Å². The molecule has 0 amide bonds. The summed E-state index contributed by atoms with van der Waals surface area (Å²) in [4.78, 5) is 4.99. The van der Waals surface area contributed by atoms with Gasteiger partial charge in [-0.25, -0.2) is 8.42 Å². The van der Waals surface area contributed by atoms with E-state index in [0.29, 0.717) is 12.3 Å². The van der Waals surface area contributed by atoms with Gasteiger partial charge in [0.25, 0.3) is 0 Å². The number of piperazine rings is 1. The fraction of sp³-hybridized carbons (Fsp3) is 0.333. The highest BCUT2D eigenvalue weighted by atomic mass is 35.5. The molecule has 202 valence electrons. The standard InChI is InChI=1S/C27H32N2O5S.2ClH/c1-21-7-11-24(12-8-21)35(31,32)25-13-9-23(10-14-25)34-20-22(30)19-28-15-17-29(18-16-28)26-5-3-4-6-27(26)33-2;;/h3-14,22,30H,15-20H2,1-2H3;2*1H. The van der Waals surface area contributed by atoms with Crippen LogP contribution in [0.1, 0.15) is 5.56 Å². The number of β-amino-alcohol motifs (C(OH)–C–C–N with tert-alkyl or cyclic N) is 1. The van der Waals surface area contributed by atoms with Gasteiger partial charge in [-0.1, -0.05) is 29.8 Å². The van der Waals surface area contributed by atoms with Crippen LogP contribution < -0.4 is 14.4 Å². The fourth-order valence-corrected chi connectivity index (χ4v) is 5.44. The van der Waals surface area contributed by atoms with Crippen molar-refractivity contribution in [1.82, 2.24) is 4.90 Å². The number of aryl methyl sites for hydroxylation is 1. The van der Waals surface area contributed by atoms with E-state index in [2.05, 4.69) is 15.9 Å². The van der Waals surface area contributed by atoms with Gasteiger partial charge < -0.3 is 19.5 Å². The second-order valence-corrected chi connectivity index (χ2v) is 10.7. The van der Waals surface area contributed by atoms with Crippen LogP contribution in [0.2, 0.25) is 0 Å². The molecule has 1 heterocycles. The average Bonchev–Trinajstić information content (AvgIpc) is 2.88. The molecule has 7 nitrogen and oxygen atoms in total. The van der Waals surface area contributed by atoms with Gasteiger partial charge >= 0.3 is 0 Å². The third kappa shape index (κ3) is 7.75. The number of aliphatic hydroxyl groups excluding tert-OH is 1. The van der Waals surface area contributed by atoms with Gasteiger partial charge in [0.2, 0.25) is 9.84 Å². The highest BCUT2D eigenvalue weighted by Gasteiger charge is 2.22. The minimum Gasteiger partial charge on any atom is -0.495 e. The molecule has 1 fully saturated rings. The first-order valence-corrected chi connectivity index (χ1v) is 13.2. The Bertz CT molecular complexity index is 1220. The molecule has 1 aliphatic rings. The Morgan fingerprint density at radius 1 is 0.865 bits per heavy atom. The maximum Gasteiger partial charge on any atom is 0.206 e. The zero-order valence-corrected chi connectivity index (χ0v) is 23.4. The number of aliphatic hydroxyl groups is 1. The zero-order valence-electron chi connectivity index (χ0n) is 20.9. The first kappa shape index (κ1) is 30.7. The van der Waals surface area contributed by atoms with Crippen LogP contribution in [0.5, 0.6) is 11.5 Å². The largest absolute Gasteiger partial charge is 0.495 e. The normalized spacial score (nSPS) is 14.7. The van der Waals surface area contributed by atoms with E-state index in [9.17, 15) is 13.5 Å². The average molecular weight is 570 g/mol. The first-order chi connectivity index (χ1) is 16.9. The number of sulfone groups is 1. The van der Waals surface area contributed by atoms with Gasteiger partial charge in [0.1, 0.15) is 24.2 Å². The van der Waals surface area contributed by atoms with Crippen molar-refractivity contribution in [2.75, 3.05) is 51.3 Å². The number of nitrogens with zero attached hydrogens (tertiary/aromatic N) is 2. The number of hydrogen-bond acceptors (Lipinski definition) is 7. The van der Waals surface area contributed by atoms with Crippen LogP contribution in [0.25, 0.3) is 0 Å². The SMILES string of the molecule is COc1ccccc1N1CCN(CC(O)COc2ccc(S(=O)(=O)c3ccc(C)cc3)cc2)CC1.Cl.Cl. The number of benzene rings is 3. The number of ether oxygens (including phenoxy) is 2. The van der Waals surface area contributed by atoms with Crippen molar-refractivity contribution in [3.63, 3.8) is 0 Å². The summed E-state index contributed by atoms with van der Waals surface area (Å²) in [5.74, 6) is 1.39. The Kier molecular flexibility index (Phi) is 11.5. The molecular formula is C27H34Cl2N2O5S. The maximum absolute atomic E-state index is 12.8. The van der Waals surface area contributed by atoms with E-state index in [0.717, 1.165) is 43.2 Å². The van der Waals surface area contributed by atoms with Crippen LogP contribution >= 0.6 is 24.8 Å². The Morgan fingerprint density at radius 2 is 1.43 bits per heavy atom. The van der Waals surface area contributed by atoms with Crippen molar-refractivity contribution in [2.24, 2.45) is 0 Å². The smallest absolute Gasteiger partial charge is 0.206 e. The van der Waals surface area contributed by atoms with Crippen LogP contribution in [-0.4, -0.2) is 71.0 Å². The van der Waals surface area contributed by atoms with Crippen molar-refractivity contribution >= 4 is 40.3 Å². The van der Waals surface area contributed by atoms with Crippen LogP contribution in [-0.2, 0) is 9.84 Å². The minimum absolute atomic E-state index is 0. The Hall–Kier alpha value is -2.49. The molecule has 4 rings (SSSR count). The van der Waals surface area contributed by atoms with E-state index < -0.39 is 15.9 Å². The van der Waals surface area contributed by atoms with Gasteiger partial charge in [0.15, 0.2) is 0 Å². The lowest BCUT2D eigenvalue weighted by Gasteiger charge is -2.37. The Balaban J connectivity index is 0.00000241. The van der Waals surface area contributed by atoms with Gasteiger partial charge in [-0.3, -0.25) is 4.90 Å². The molecule has 1 atom stereocenters. The molecule has 3 aromatic carbocycles. The topological polar surface area (TPSA) is 79.3 Å². The summed E-state index contributed by atoms with van der Waals surface area (Å²) in [6.45, 7) is 5.94. The molecule has 0 aliphatic carbocycles. The summed E-state index contributed by atoms with van der Waals surface area (Å²) in [6, 6.07) is 21.1. The number of hydrogen-bond donors (Lipinski definition) is 1. The van der Waals surface area contributed by atoms with Gasteiger partial charge in [0.05, 0.1) is 22.6 Å². The summed E-state index contributed by atoms with van der Waals surface area (Å²) < 4.78 is 36.8. The second-order valence-electron chi connectivity index (χ2n) is 8.71. The van der Waals surface area contributed by atoms with Gasteiger partial charge in [-0.15, -0.1) is 24.8 Å². The summed E-state index contributed by atoms with van der Waals surface area (Å²) >= 11 is 0. The van der Waals surface area contributed by atoms with Gasteiger partial charge in [-0.2, -0.15) is 0 Å². The number of rotatable bonds is 9. The summed E-state index contributed by atoms with van der Waals surface area (Å²) in [7, 11) is -1.89. The van der Waals surface area contributed by atoms with Crippen molar-refractivity contribution in [2.45, 2.75) is 22.8 Å². The van der Waals surface area contributed by atoms with Crippen molar-refractivity contribution in [3.8, 4) is 11.5 Å². The predicted molar refractivity (Wildman–Crippen MR) is 151 cm³/mol. The Morgan fingerprint density at radius 3 is 2.03 bits per heavy atom. The summed E-state index contributed by atoms with van der Waals surface area (Å²) in [6.07, 6.45) is -0.649. The van der Waals surface area contributed by atoms with E-state index in [1.54, 1.807) is 43.5 Å². The number of para-hydroxylation sites is 2. The summed E-state index contributed by atoms with van der Waals surface area (Å²) in [5.41, 5.74) is 2.09. The molecule has 1 N–H and O–H groups in total. The van der Waals surface area contributed by atoms with E-state index in [1.807, 2.05) is 25.1 Å². The maximum atomic E-state index is 12.8. The highest BCUT2D eigenvalue weighted by Crippen LogP contribution is 2.28. The fourth-order valence-electron chi connectivity index (χ4n) is 4.17. The molecular weight excluding hydrogens is 535 g/mol. The lowest BCUT2D eigenvalue weighted by molar-refractivity contribution is 0.0662. The summed E-state index contributed by atoms with van der Waals surface area (Å²) in [5, 5.41) is 10.5. The van der Waals surface area contributed by atoms with E-state index in [-0.39, 0.29) is 41.2 Å². The molecule has 1 saturated heterocycles. The van der Waals surface area contributed by atoms with Crippen LogP contribution in [0.15, 0.2) is 82.6 Å². The molecule has 0 radical (unpaired) electrons. The van der Waals surface area contributed by atoms with Crippen LogP contribution in [0, 0.1) is 6.92 Å². The molecule has 1 aliphatic heterocycles. The van der Waals surface area contributed by atoms with E-state index in [1.165, 1.54) is 12.1 Å². The number of methoxy groups -OCH3 is 1. The third-order valence-corrected chi connectivity index (χ3v) is 7.96. The van der Waals surface area contributed by atoms with Crippen LogP contribution in [0.3, 0.4) is 0 Å². The molecule has 0 bridgehead atoms. The van der Waals surface area contributed by atoms with Crippen molar-refractivity contribution < 1.29 is 23.0 Å². The van der Waals surface area contributed by atoms with E-state index in [4.69, 9.17) is 9.47 Å². The third-order valence-electron chi connectivity index (χ3n) is 6.17. The molecule has 0 saturated carbocycles. The lowest BCUT2D eigenvalue weighted by atomic mass is 10.2. The van der Waals surface area contributed by atoms with Crippen molar-refractivity contribution in [1.29, 1.82) is 0 Å². The number of anilines is 1. The van der Waals surface area contributed by atoms with Crippen molar-refractivity contribution in [3.05, 3.63) is 78.4 Å². The van der Waals surface area contributed by atoms with Crippen LogP contribution in [0.4, 0.5) is 5.69 Å². The molecule has 10 heteroatoms. The predicted octanol–water partition coefficient (Wildman–Crippen LogP) is 4.24.